The van der Waals surface area contributed by atoms with Gasteiger partial charge in [0, 0.05) is 27.1 Å². The van der Waals surface area contributed by atoms with E-state index in [1.165, 1.54) is 0 Å². The second-order valence-corrected chi connectivity index (χ2v) is 3.69. The van der Waals surface area contributed by atoms with Gasteiger partial charge in [0.25, 0.3) is 0 Å². The zero-order valence-corrected chi connectivity index (χ0v) is 9.95. The fourth-order valence-corrected chi connectivity index (χ4v) is 1.28. The third-order valence-corrected chi connectivity index (χ3v) is 2.46. The largest absolute Gasteiger partial charge is 0.397 e. The van der Waals surface area contributed by atoms with Gasteiger partial charge in [-0.15, -0.1) is 0 Å². The highest BCUT2D eigenvalue weighted by molar-refractivity contribution is 5.76. The molecule has 1 aromatic rings. The summed E-state index contributed by atoms with van der Waals surface area (Å²) in [7, 11) is 3.54. The minimum Gasteiger partial charge on any atom is -0.397 e. The molecule has 5 heteroatoms. The van der Waals surface area contributed by atoms with Crippen molar-refractivity contribution in [3.63, 3.8) is 0 Å². The summed E-state index contributed by atoms with van der Waals surface area (Å²) in [5.74, 6) is 0.856. The molecule has 0 atom stereocenters. The first-order valence-electron chi connectivity index (χ1n) is 5.19. The summed E-state index contributed by atoms with van der Waals surface area (Å²) < 4.78 is 0. The first kappa shape index (κ1) is 12.3. The second-order valence-electron chi connectivity index (χ2n) is 3.69. The molecule has 0 bridgehead atoms. The first-order valence-corrected chi connectivity index (χ1v) is 5.19. The molecule has 16 heavy (non-hydrogen) atoms. The molecule has 0 spiro atoms. The zero-order chi connectivity index (χ0) is 12.1. The third-order valence-electron chi connectivity index (χ3n) is 2.46. The molecule has 0 saturated carbocycles. The second kappa shape index (κ2) is 5.34. The van der Waals surface area contributed by atoms with Crippen LogP contribution in [0.3, 0.4) is 0 Å². The summed E-state index contributed by atoms with van der Waals surface area (Å²) in [6.45, 7) is 2.50. The number of nitrogens with zero attached hydrogens (tertiary/aromatic N) is 2. The molecule has 1 amide bonds. The number of aromatic nitrogens is 1. The van der Waals surface area contributed by atoms with Gasteiger partial charge in [-0.25, -0.2) is 4.98 Å². The molecule has 3 N–H and O–H groups in total. The van der Waals surface area contributed by atoms with Crippen molar-refractivity contribution in [1.82, 2.24) is 10.3 Å². The number of nitrogens with two attached hydrogens (primary N) is 1. The van der Waals surface area contributed by atoms with Gasteiger partial charge in [-0.2, -0.15) is 0 Å². The van der Waals surface area contributed by atoms with E-state index in [-0.39, 0.29) is 5.91 Å². The molecule has 0 aliphatic rings. The number of rotatable bonds is 4. The standard InChI is InChI=1S/C11H18N4O/c1-8-9(12)4-5-10(14-8)15(3)7-6-11(16)13-2/h4-5H,6-7,12H2,1-3H3,(H,13,16). The maximum Gasteiger partial charge on any atom is 0.221 e. The van der Waals surface area contributed by atoms with Crippen LogP contribution in [0, 0.1) is 6.92 Å². The summed E-state index contributed by atoms with van der Waals surface area (Å²) in [5, 5.41) is 2.59. The Morgan fingerprint density at radius 1 is 1.56 bits per heavy atom. The summed E-state index contributed by atoms with van der Waals surface area (Å²) in [6.07, 6.45) is 0.456. The van der Waals surface area contributed by atoms with Crippen LogP contribution in [0.4, 0.5) is 11.5 Å². The molecule has 1 heterocycles. The van der Waals surface area contributed by atoms with E-state index in [0.29, 0.717) is 18.7 Å². The Hall–Kier alpha value is -1.78. The van der Waals surface area contributed by atoms with Crippen LogP contribution in [0.1, 0.15) is 12.1 Å². The number of nitrogen functional groups attached to an aromatic ring is 1. The molecule has 0 aliphatic carbocycles. The summed E-state index contributed by atoms with van der Waals surface area (Å²) in [4.78, 5) is 17.4. The molecule has 0 radical (unpaired) electrons. The maximum atomic E-state index is 11.1. The highest BCUT2D eigenvalue weighted by Gasteiger charge is 2.06. The lowest BCUT2D eigenvalue weighted by Crippen LogP contribution is -2.26. The average Bonchev–Trinajstić information content (AvgIpc) is 2.29. The van der Waals surface area contributed by atoms with E-state index in [1.54, 1.807) is 7.05 Å². The predicted molar refractivity (Wildman–Crippen MR) is 65.3 cm³/mol. The molecule has 1 aromatic heterocycles. The average molecular weight is 222 g/mol. The van der Waals surface area contributed by atoms with Crippen molar-refractivity contribution in [2.75, 3.05) is 31.3 Å². The van der Waals surface area contributed by atoms with Crippen molar-refractivity contribution in [2.45, 2.75) is 13.3 Å². The van der Waals surface area contributed by atoms with E-state index in [0.717, 1.165) is 11.5 Å². The Morgan fingerprint density at radius 3 is 2.81 bits per heavy atom. The zero-order valence-electron chi connectivity index (χ0n) is 9.95. The van der Waals surface area contributed by atoms with Crippen LogP contribution < -0.4 is 16.0 Å². The molecule has 0 aromatic carbocycles. The Bertz CT molecular complexity index is 378. The Balaban J connectivity index is 2.62. The van der Waals surface area contributed by atoms with Crippen molar-refractivity contribution in [3.05, 3.63) is 17.8 Å². The third kappa shape index (κ3) is 3.12. The number of carbonyl (C=O) groups excluding carboxylic acids is 1. The smallest absolute Gasteiger partial charge is 0.221 e. The van der Waals surface area contributed by atoms with E-state index in [1.807, 2.05) is 31.0 Å². The van der Waals surface area contributed by atoms with Crippen molar-refractivity contribution in [1.29, 1.82) is 0 Å². The number of pyridine rings is 1. The van der Waals surface area contributed by atoms with E-state index in [9.17, 15) is 4.79 Å². The monoisotopic (exact) mass is 222 g/mol. The van der Waals surface area contributed by atoms with Crippen molar-refractivity contribution >= 4 is 17.4 Å². The minimum absolute atomic E-state index is 0.0269. The van der Waals surface area contributed by atoms with Gasteiger partial charge < -0.3 is 16.0 Å². The number of carbonyl (C=O) groups is 1. The van der Waals surface area contributed by atoms with Crippen LogP contribution in [0.15, 0.2) is 12.1 Å². The topological polar surface area (TPSA) is 71.2 Å². The van der Waals surface area contributed by atoms with Crippen LogP contribution in [0.25, 0.3) is 0 Å². The first-order chi connectivity index (χ1) is 7.54. The predicted octanol–water partition coefficient (Wildman–Crippen LogP) is 0.545. The molecular formula is C11H18N4O. The van der Waals surface area contributed by atoms with Gasteiger partial charge >= 0.3 is 0 Å². The van der Waals surface area contributed by atoms with Gasteiger partial charge in [0.05, 0.1) is 11.4 Å². The van der Waals surface area contributed by atoms with E-state index in [2.05, 4.69) is 10.3 Å². The minimum atomic E-state index is 0.0269. The molecule has 0 fully saturated rings. The lowest BCUT2D eigenvalue weighted by Gasteiger charge is -2.18. The van der Waals surface area contributed by atoms with E-state index in [4.69, 9.17) is 5.73 Å². The van der Waals surface area contributed by atoms with Crippen molar-refractivity contribution < 1.29 is 4.79 Å². The van der Waals surface area contributed by atoms with Gasteiger partial charge in [-0.05, 0) is 19.1 Å². The fourth-order valence-electron chi connectivity index (χ4n) is 1.28. The van der Waals surface area contributed by atoms with Gasteiger partial charge in [-0.3, -0.25) is 4.79 Å². The maximum absolute atomic E-state index is 11.1. The molecule has 0 saturated heterocycles. The fraction of sp³-hybridized carbons (Fsp3) is 0.455. The van der Waals surface area contributed by atoms with Crippen LogP contribution in [0.5, 0.6) is 0 Å². The van der Waals surface area contributed by atoms with Crippen molar-refractivity contribution in [3.8, 4) is 0 Å². The lowest BCUT2D eigenvalue weighted by molar-refractivity contribution is -0.120. The number of nitrogens with one attached hydrogen (secondary N) is 1. The quantitative estimate of drug-likeness (QED) is 0.780. The summed E-state index contributed by atoms with van der Waals surface area (Å²) >= 11 is 0. The molecule has 88 valence electrons. The number of hydrogen-bond donors (Lipinski definition) is 2. The Kier molecular flexibility index (Phi) is 4.10. The van der Waals surface area contributed by atoms with E-state index >= 15 is 0 Å². The Morgan fingerprint density at radius 2 is 2.25 bits per heavy atom. The highest BCUT2D eigenvalue weighted by Crippen LogP contribution is 2.14. The molecule has 0 unspecified atom stereocenters. The highest BCUT2D eigenvalue weighted by atomic mass is 16.1. The normalized spacial score (nSPS) is 9.94. The number of anilines is 2. The van der Waals surface area contributed by atoms with Crippen LogP contribution >= 0.6 is 0 Å². The van der Waals surface area contributed by atoms with Gasteiger partial charge in [0.2, 0.25) is 5.91 Å². The SMILES string of the molecule is CNC(=O)CCN(C)c1ccc(N)c(C)n1. The molecule has 1 rings (SSSR count). The molecule has 5 nitrogen and oxygen atoms in total. The van der Waals surface area contributed by atoms with Gasteiger partial charge in [0.1, 0.15) is 5.82 Å². The van der Waals surface area contributed by atoms with Gasteiger partial charge in [-0.1, -0.05) is 0 Å². The number of hydrogen-bond acceptors (Lipinski definition) is 4. The van der Waals surface area contributed by atoms with Crippen LogP contribution in [-0.2, 0) is 4.79 Å². The Labute approximate surface area is 95.7 Å². The number of amides is 1. The number of aryl methyl sites for hydroxylation is 1. The summed E-state index contributed by atoms with van der Waals surface area (Å²) in [6, 6.07) is 3.68. The van der Waals surface area contributed by atoms with Crippen molar-refractivity contribution in [2.24, 2.45) is 0 Å². The summed E-state index contributed by atoms with van der Waals surface area (Å²) in [5.41, 5.74) is 7.18. The molecule has 0 aliphatic heterocycles. The van der Waals surface area contributed by atoms with Crippen LogP contribution in [-0.4, -0.2) is 31.5 Å². The molecular weight excluding hydrogens is 204 g/mol. The van der Waals surface area contributed by atoms with Crippen LogP contribution in [0.2, 0.25) is 0 Å². The van der Waals surface area contributed by atoms with Gasteiger partial charge in [0.15, 0.2) is 0 Å². The lowest BCUT2D eigenvalue weighted by atomic mass is 10.3. The van der Waals surface area contributed by atoms with E-state index < -0.39 is 0 Å².